The first-order valence-corrected chi connectivity index (χ1v) is 9.81. The van der Waals surface area contributed by atoms with Gasteiger partial charge in [-0.1, -0.05) is 29.8 Å². The van der Waals surface area contributed by atoms with Gasteiger partial charge in [-0.3, -0.25) is 4.79 Å². The van der Waals surface area contributed by atoms with Crippen LogP contribution in [0.25, 0.3) is 6.08 Å². The van der Waals surface area contributed by atoms with Crippen LogP contribution < -0.4 is 5.32 Å². The highest BCUT2D eigenvalue weighted by molar-refractivity contribution is 6.31. The third-order valence-electron chi connectivity index (χ3n) is 4.93. The van der Waals surface area contributed by atoms with Crippen LogP contribution in [0.3, 0.4) is 0 Å². The lowest BCUT2D eigenvalue weighted by molar-refractivity contribution is -0.144. The lowest BCUT2D eigenvalue weighted by Crippen LogP contribution is -2.31. The van der Waals surface area contributed by atoms with Gasteiger partial charge in [0.15, 0.2) is 6.61 Å². The Morgan fingerprint density at radius 3 is 2.71 bits per heavy atom. The van der Waals surface area contributed by atoms with Gasteiger partial charge in [-0.15, -0.1) is 0 Å². The fraction of sp³-hybridized carbons (Fsp3) is 0.364. The van der Waals surface area contributed by atoms with Crippen molar-refractivity contribution in [3.8, 4) is 0 Å². The molecule has 1 aromatic heterocycles. The molecular formula is C22H25ClN2O3. The molecule has 1 heterocycles. The number of nitrogens with one attached hydrogen (secondary N) is 1. The highest BCUT2D eigenvalue weighted by Gasteiger charge is 2.26. The van der Waals surface area contributed by atoms with Crippen LogP contribution in [0.15, 0.2) is 36.4 Å². The maximum Gasteiger partial charge on any atom is 0.331 e. The largest absolute Gasteiger partial charge is 0.452 e. The molecule has 28 heavy (non-hydrogen) atoms. The van der Waals surface area contributed by atoms with Gasteiger partial charge in [-0.05, 0) is 62.9 Å². The van der Waals surface area contributed by atoms with Crippen molar-refractivity contribution in [1.29, 1.82) is 0 Å². The number of esters is 1. The first-order chi connectivity index (χ1) is 13.4. The van der Waals surface area contributed by atoms with Gasteiger partial charge in [0.2, 0.25) is 0 Å². The van der Waals surface area contributed by atoms with E-state index < -0.39 is 5.97 Å². The summed E-state index contributed by atoms with van der Waals surface area (Å²) in [6, 6.07) is 9.69. The Bertz CT molecular complexity index is 913. The van der Waals surface area contributed by atoms with E-state index in [1.54, 1.807) is 12.1 Å². The monoisotopic (exact) mass is 400 g/mol. The van der Waals surface area contributed by atoms with Gasteiger partial charge in [-0.2, -0.15) is 0 Å². The summed E-state index contributed by atoms with van der Waals surface area (Å²) >= 11 is 6.13. The lowest BCUT2D eigenvalue weighted by atomic mass is 10.1. The van der Waals surface area contributed by atoms with Crippen LogP contribution in [0.2, 0.25) is 5.02 Å². The third-order valence-corrected chi connectivity index (χ3v) is 5.27. The predicted molar refractivity (Wildman–Crippen MR) is 110 cm³/mol. The van der Waals surface area contributed by atoms with E-state index in [2.05, 4.69) is 29.8 Å². The van der Waals surface area contributed by atoms with E-state index >= 15 is 0 Å². The number of amides is 1. The van der Waals surface area contributed by atoms with Gasteiger partial charge in [0.25, 0.3) is 5.91 Å². The molecule has 1 saturated carbocycles. The molecule has 148 valence electrons. The average Bonchev–Trinajstić information content (AvgIpc) is 3.44. The minimum atomic E-state index is -0.545. The zero-order valence-corrected chi connectivity index (χ0v) is 17.1. The number of aromatic nitrogens is 1. The van der Waals surface area contributed by atoms with Crippen molar-refractivity contribution in [1.82, 2.24) is 9.88 Å². The van der Waals surface area contributed by atoms with Gasteiger partial charge in [0.1, 0.15) is 0 Å². The van der Waals surface area contributed by atoms with Crippen molar-refractivity contribution in [2.45, 2.75) is 45.7 Å². The lowest BCUT2D eigenvalue weighted by Gasteiger charge is -2.15. The summed E-state index contributed by atoms with van der Waals surface area (Å²) in [5, 5.41) is 3.36. The van der Waals surface area contributed by atoms with E-state index in [9.17, 15) is 9.59 Å². The van der Waals surface area contributed by atoms with E-state index in [1.165, 1.54) is 24.6 Å². The maximum atomic E-state index is 12.0. The van der Waals surface area contributed by atoms with Crippen LogP contribution >= 0.6 is 11.6 Å². The molecule has 1 N–H and O–H groups in total. The van der Waals surface area contributed by atoms with Gasteiger partial charge in [-0.25, -0.2) is 4.79 Å². The summed E-state index contributed by atoms with van der Waals surface area (Å²) < 4.78 is 7.37. The fourth-order valence-electron chi connectivity index (χ4n) is 3.40. The molecule has 0 aliphatic heterocycles. The zero-order chi connectivity index (χ0) is 20.3. The van der Waals surface area contributed by atoms with Crippen molar-refractivity contribution >= 4 is 29.6 Å². The minimum absolute atomic E-state index is 0.275. The van der Waals surface area contributed by atoms with Crippen LogP contribution in [0, 0.1) is 13.8 Å². The van der Waals surface area contributed by atoms with E-state index in [-0.39, 0.29) is 18.6 Å². The van der Waals surface area contributed by atoms with Gasteiger partial charge in [0, 0.05) is 28.5 Å². The molecule has 3 rings (SSSR count). The van der Waals surface area contributed by atoms with Crippen LogP contribution in [0.5, 0.6) is 0 Å². The maximum absolute atomic E-state index is 12.0. The van der Waals surface area contributed by atoms with Crippen molar-refractivity contribution in [3.05, 3.63) is 63.9 Å². The summed E-state index contributed by atoms with van der Waals surface area (Å²) in [7, 11) is 0. The second-order valence-electron chi connectivity index (χ2n) is 7.18. The van der Waals surface area contributed by atoms with Crippen LogP contribution in [0.4, 0.5) is 0 Å². The number of carbonyl (C=O) groups is 2. The average molecular weight is 401 g/mol. The van der Waals surface area contributed by atoms with E-state index in [1.807, 2.05) is 25.1 Å². The Balaban J connectivity index is 1.50. The van der Waals surface area contributed by atoms with E-state index in [0.717, 1.165) is 16.8 Å². The Morgan fingerprint density at radius 2 is 2.04 bits per heavy atom. The normalized spacial score (nSPS) is 14.9. The predicted octanol–water partition coefficient (Wildman–Crippen LogP) is 4.53. The van der Waals surface area contributed by atoms with E-state index in [0.29, 0.717) is 11.1 Å². The van der Waals surface area contributed by atoms with Crippen LogP contribution in [-0.2, 0) is 14.3 Å². The van der Waals surface area contributed by atoms with Crippen LogP contribution in [-0.4, -0.2) is 23.1 Å². The number of hydrogen-bond donors (Lipinski definition) is 1. The summed E-state index contributed by atoms with van der Waals surface area (Å²) in [6.45, 7) is 5.63. The quantitative estimate of drug-likeness (QED) is 0.548. The zero-order valence-electron chi connectivity index (χ0n) is 16.4. The first-order valence-electron chi connectivity index (χ1n) is 9.44. The summed E-state index contributed by atoms with van der Waals surface area (Å²) in [6.07, 6.45) is 5.53. The number of aryl methyl sites for hydroxylation is 1. The topological polar surface area (TPSA) is 60.3 Å². The highest BCUT2D eigenvalue weighted by Crippen LogP contribution is 2.38. The number of rotatable bonds is 7. The number of carbonyl (C=O) groups excluding carboxylic acids is 2. The molecule has 0 bridgehead atoms. The molecule has 5 nitrogen and oxygen atoms in total. The number of halogens is 1. The Kier molecular flexibility index (Phi) is 6.25. The van der Waals surface area contributed by atoms with E-state index in [4.69, 9.17) is 16.3 Å². The molecule has 1 atom stereocenters. The smallest absolute Gasteiger partial charge is 0.331 e. The molecule has 1 amide bonds. The molecule has 1 fully saturated rings. The molecule has 6 heteroatoms. The number of ether oxygens (including phenoxy) is 1. The molecule has 1 aromatic carbocycles. The molecule has 0 unspecified atom stereocenters. The van der Waals surface area contributed by atoms with Crippen molar-refractivity contribution in [3.63, 3.8) is 0 Å². The number of nitrogens with zero attached hydrogens (tertiary/aromatic N) is 1. The SMILES string of the molecule is Cc1cc(/C=C/C(=O)OCC(=O)N[C@H](C)c2ccccc2Cl)c(C)n1C1CC1. The number of benzene rings is 1. The van der Waals surface area contributed by atoms with Gasteiger partial charge in [0.05, 0.1) is 6.04 Å². The second-order valence-corrected chi connectivity index (χ2v) is 7.59. The van der Waals surface area contributed by atoms with Crippen LogP contribution in [0.1, 0.15) is 54.4 Å². The highest BCUT2D eigenvalue weighted by atomic mass is 35.5. The molecule has 1 aliphatic carbocycles. The Hall–Kier alpha value is -2.53. The fourth-order valence-corrected chi connectivity index (χ4v) is 3.70. The molecule has 1 aliphatic rings. The summed E-state index contributed by atoms with van der Waals surface area (Å²) in [5.74, 6) is -0.919. The van der Waals surface area contributed by atoms with Crippen molar-refractivity contribution in [2.24, 2.45) is 0 Å². The number of hydrogen-bond acceptors (Lipinski definition) is 3. The second kappa shape index (κ2) is 8.65. The molecule has 0 spiro atoms. The molecule has 0 saturated heterocycles. The van der Waals surface area contributed by atoms with Gasteiger partial charge < -0.3 is 14.6 Å². The molecular weight excluding hydrogens is 376 g/mol. The standard InChI is InChI=1S/C22H25ClN2O3/c1-14-12-17(16(3)25(14)18-9-10-18)8-11-22(27)28-13-21(26)24-15(2)19-6-4-5-7-20(19)23/h4-8,11-12,15,18H,9-10,13H2,1-3H3,(H,24,26)/b11-8+/t15-/m1/s1. The Morgan fingerprint density at radius 1 is 1.32 bits per heavy atom. The summed E-state index contributed by atoms with van der Waals surface area (Å²) in [5.41, 5.74) is 4.16. The third kappa shape index (κ3) is 4.84. The first kappa shape index (κ1) is 20.2. The van der Waals surface area contributed by atoms with Crippen molar-refractivity contribution in [2.75, 3.05) is 6.61 Å². The molecule has 2 aromatic rings. The van der Waals surface area contributed by atoms with Crippen molar-refractivity contribution < 1.29 is 14.3 Å². The van der Waals surface area contributed by atoms with Gasteiger partial charge >= 0.3 is 5.97 Å². The minimum Gasteiger partial charge on any atom is -0.452 e. The Labute approximate surface area is 170 Å². The molecule has 0 radical (unpaired) electrons. The summed E-state index contributed by atoms with van der Waals surface area (Å²) in [4.78, 5) is 24.0.